The molecule has 6 rings (SSSR count). The molecular formula is C24H30N8O2. The summed E-state index contributed by atoms with van der Waals surface area (Å²) < 4.78 is 9.57. The van der Waals surface area contributed by atoms with Crippen LogP contribution in [0.25, 0.3) is 28.1 Å². The lowest BCUT2D eigenvalue weighted by Gasteiger charge is -2.31. The molecule has 0 radical (unpaired) electrons. The number of ether oxygens (including phenoxy) is 1. The summed E-state index contributed by atoms with van der Waals surface area (Å²) >= 11 is 0. The molecule has 0 spiro atoms. The van der Waals surface area contributed by atoms with Crippen LogP contribution < -0.4 is 10.2 Å². The summed E-state index contributed by atoms with van der Waals surface area (Å²) in [6.07, 6.45) is 2.31. The molecule has 4 aromatic rings. The van der Waals surface area contributed by atoms with Gasteiger partial charge in [0.25, 0.3) is 0 Å². The summed E-state index contributed by atoms with van der Waals surface area (Å²) in [6.45, 7) is 6.22. The second-order valence-electron chi connectivity index (χ2n) is 9.13. The van der Waals surface area contributed by atoms with Crippen molar-refractivity contribution in [1.29, 1.82) is 0 Å². The third-order valence-corrected chi connectivity index (χ3v) is 6.92. The minimum atomic E-state index is -1.04. The number of aryl methyl sites for hydroxylation is 2. The Bertz CT molecular complexity index is 1350. The quantitative estimate of drug-likeness (QED) is 0.472. The number of para-hydroxylation sites is 2. The van der Waals surface area contributed by atoms with Crippen LogP contribution >= 0.6 is 0 Å². The lowest BCUT2D eigenvalue weighted by molar-refractivity contribution is 0.00190. The van der Waals surface area contributed by atoms with Gasteiger partial charge in [-0.05, 0) is 31.5 Å². The molecule has 10 nitrogen and oxygen atoms in total. The molecule has 2 fully saturated rings. The van der Waals surface area contributed by atoms with Gasteiger partial charge in [-0.25, -0.2) is 9.97 Å². The number of hydrogen-bond donors (Lipinski definition) is 2. The van der Waals surface area contributed by atoms with Gasteiger partial charge in [-0.1, -0.05) is 19.1 Å². The maximum atomic E-state index is 11.5. The molecule has 0 amide bonds. The highest BCUT2D eigenvalue weighted by Gasteiger charge is 2.37. The average molecular weight is 463 g/mol. The van der Waals surface area contributed by atoms with Crippen LogP contribution in [0.1, 0.15) is 31.4 Å². The van der Waals surface area contributed by atoms with Crippen molar-refractivity contribution in [2.75, 3.05) is 44.3 Å². The zero-order chi connectivity index (χ0) is 23.3. The third kappa shape index (κ3) is 3.36. The normalized spacial score (nSPS) is 21.6. The van der Waals surface area contributed by atoms with Crippen molar-refractivity contribution in [3.05, 3.63) is 35.9 Å². The van der Waals surface area contributed by atoms with E-state index in [1.54, 1.807) is 0 Å². The van der Waals surface area contributed by atoms with E-state index in [0.29, 0.717) is 49.1 Å². The predicted octanol–water partition coefficient (Wildman–Crippen LogP) is 1.67. The number of nitrogens with one attached hydrogen (secondary N) is 1. The largest absolute Gasteiger partial charge is 0.381 e. The molecule has 0 aliphatic carbocycles. The van der Waals surface area contributed by atoms with Crippen LogP contribution in [-0.2, 0) is 23.8 Å². The van der Waals surface area contributed by atoms with Gasteiger partial charge in [0.15, 0.2) is 17.0 Å². The minimum Gasteiger partial charge on any atom is -0.381 e. The van der Waals surface area contributed by atoms with E-state index in [1.807, 2.05) is 34.4 Å². The fraction of sp³-hybridized carbons (Fsp3) is 0.500. The molecule has 2 N–H and O–H groups in total. The zero-order valence-corrected chi connectivity index (χ0v) is 19.7. The van der Waals surface area contributed by atoms with E-state index >= 15 is 0 Å². The summed E-state index contributed by atoms with van der Waals surface area (Å²) in [5, 5.41) is 14.8. The highest BCUT2D eigenvalue weighted by atomic mass is 16.5. The van der Waals surface area contributed by atoms with Crippen molar-refractivity contribution >= 4 is 28.0 Å². The van der Waals surface area contributed by atoms with E-state index in [4.69, 9.17) is 24.7 Å². The Kier molecular flexibility index (Phi) is 5.23. The number of imidazole rings is 2. The first-order valence-electron chi connectivity index (χ1n) is 12.1. The van der Waals surface area contributed by atoms with Gasteiger partial charge < -0.3 is 24.6 Å². The Hall–Kier alpha value is -3.08. The van der Waals surface area contributed by atoms with Crippen LogP contribution in [0.3, 0.4) is 0 Å². The van der Waals surface area contributed by atoms with E-state index in [-0.39, 0.29) is 0 Å². The molecule has 178 valence electrons. The molecule has 1 atom stereocenters. The van der Waals surface area contributed by atoms with E-state index in [0.717, 1.165) is 55.2 Å². The van der Waals surface area contributed by atoms with Crippen molar-refractivity contribution < 1.29 is 9.84 Å². The molecular weight excluding hydrogens is 432 g/mol. The van der Waals surface area contributed by atoms with Crippen LogP contribution in [0.15, 0.2) is 24.3 Å². The number of β-amino-alcohol motifs (C(OH)–C–C–N with tert-alkyl or cyclic N) is 1. The summed E-state index contributed by atoms with van der Waals surface area (Å²) in [5.74, 6) is 2.88. The van der Waals surface area contributed by atoms with Crippen molar-refractivity contribution in [3.8, 4) is 5.95 Å². The topological polar surface area (TPSA) is 106 Å². The first kappa shape index (κ1) is 21.5. The molecule has 2 saturated heterocycles. The Morgan fingerprint density at radius 3 is 2.71 bits per heavy atom. The molecule has 5 heterocycles. The first-order valence-corrected chi connectivity index (χ1v) is 12.1. The number of morpholine rings is 1. The number of rotatable bonds is 4. The number of aromatic nitrogens is 6. The maximum Gasteiger partial charge on any atom is 0.239 e. The molecule has 1 aromatic carbocycles. The van der Waals surface area contributed by atoms with Gasteiger partial charge in [0.05, 0.1) is 24.2 Å². The zero-order valence-electron chi connectivity index (χ0n) is 19.7. The van der Waals surface area contributed by atoms with Crippen LogP contribution in [0, 0.1) is 0 Å². The summed E-state index contributed by atoms with van der Waals surface area (Å²) in [5.41, 5.74) is 2.28. The molecule has 34 heavy (non-hydrogen) atoms. The van der Waals surface area contributed by atoms with Gasteiger partial charge in [0.2, 0.25) is 5.95 Å². The maximum absolute atomic E-state index is 11.5. The van der Waals surface area contributed by atoms with Crippen molar-refractivity contribution in [2.45, 2.75) is 31.8 Å². The van der Waals surface area contributed by atoms with Crippen LogP contribution in [-0.4, -0.2) is 73.6 Å². The highest BCUT2D eigenvalue weighted by Crippen LogP contribution is 2.33. The molecule has 1 unspecified atom stereocenters. The number of fused-ring (bicyclic) bond motifs is 2. The second kappa shape index (κ2) is 8.30. The second-order valence-corrected chi connectivity index (χ2v) is 9.13. The molecule has 2 aliphatic rings. The minimum absolute atomic E-state index is 0.476. The third-order valence-electron chi connectivity index (χ3n) is 6.92. The summed E-state index contributed by atoms with van der Waals surface area (Å²) in [7, 11) is 1.93. The lowest BCUT2D eigenvalue weighted by atomic mass is 9.93. The Morgan fingerprint density at radius 1 is 1.12 bits per heavy atom. The van der Waals surface area contributed by atoms with E-state index in [1.165, 1.54) is 0 Å². The summed E-state index contributed by atoms with van der Waals surface area (Å²) in [4.78, 5) is 22.0. The lowest BCUT2D eigenvalue weighted by Crippen LogP contribution is -2.44. The fourth-order valence-electron chi connectivity index (χ4n) is 5.16. The number of benzene rings is 1. The van der Waals surface area contributed by atoms with Gasteiger partial charge in [0, 0.05) is 33.1 Å². The Labute approximate surface area is 197 Å². The standard InChI is InChI=1S/C24H30N8O2/c1-3-18-26-16-7-4-5-8-17(16)32(18)23-28-20-19(21(29-23)31-11-13-34-14-12-31)27-22(30(20)2)24(33)9-6-10-25-15-24/h4-5,7-8,25,33H,3,6,9-15H2,1-2H3. The number of nitrogens with zero attached hydrogens (tertiary/aromatic N) is 7. The Balaban J connectivity index is 1.60. The van der Waals surface area contributed by atoms with E-state index in [9.17, 15) is 5.11 Å². The monoisotopic (exact) mass is 462 g/mol. The molecule has 2 aliphatic heterocycles. The summed E-state index contributed by atoms with van der Waals surface area (Å²) in [6, 6.07) is 8.07. The van der Waals surface area contributed by atoms with Gasteiger partial charge in [-0.2, -0.15) is 9.97 Å². The van der Waals surface area contributed by atoms with E-state index < -0.39 is 5.60 Å². The van der Waals surface area contributed by atoms with Gasteiger partial charge >= 0.3 is 0 Å². The molecule has 10 heteroatoms. The number of aliphatic hydroxyl groups is 1. The van der Waals surface area contributed by atoms with Crippen LogP contribution in [0.4, 0.5) is 5.82 Å². The first-order chi connectivity index (χ1) is 16.6. The van der Waals surface area contributed by atoms with Crippen molar-refractivity contribution in [1.82, 2.24) is 34.4 Å². The van der Waals surface area contributed by atoms with Crippen molar-refractivity contribution in [3.63, 3.8) is 0 Å². The van der Waals surface area contributed by atoms with Crippen LogP contribution in [0.5, 0.6) is 0 Å². The Morgan fingerprint density at radius 2 is 1.94 bits per heavy atom. The fourth-order valence-corrected chi connectivity index (χ4v) is 5.16. The predicted molar refractivity (Wildman–Crippen MR) is 129 cm³/mol. The number of anilines is 1. The van der Waals surface area contributed by atoms with Crippen molar-refractivity contribution in [2.24, 2.45) is 7.05 Å². The number of piperidine rings is 1. The van der Waals surface area contributed by atoms with Gasteiger partial charge in [0.1, 0.15) is 17.2 Å². The molecule has 0 saturated carbocycles. The number of hydrogen-bond acceptors (Lipinski definition) is 8. The smallest absolute Gasteiger partial charge is 0.239 e. The van der Waals surface area contributed by atoms with Gasteiger partial charge in [-0.3, -0.25) is 4.57 Å². The molecule has 0 bridgehead atoms. The average Bonchev–Trinajstić information content (AvgIpc) is 3.42. The highest BCUT2D eigenvalue weighted by molar-refractivity contribution is 5.86. The van der Waals surface area contributed by atoms with Gasteiger partial charge in [-0.15, -0.1) is 0 Å². The van der Waals surface area contributed by atoms with E-state index in [2.05, 4.69) is 23.2 Å². The van der Waals surface area contributed by atoms with Crippen LogP contribution in [0.2, 0.25) is 0 Å². The SMILES string of the molecule is CCc1nc2ccccc2n1-c1nc(N2CCOCC2)c2nc(C3(O)CCCNC3)n(C)c2n1. The molecule has 3 aromatic heterocycles.